The van der Waals surface area contributed by atoms with Crippen LogP contribution in [-0.4, -0.2) is 18.9 Å². The summed E-state index contributed by atoms with van der Waals surface area (Å²) in [5.41, 5.74) is 1.07. The number of carbonyl (C=O) groups is 2. The summed E-state index contributed by atoms with van der Waals surface area (Å²) in [7, 11) is 0. The predicted molar refractivity (Wildman–Crippen MR) is 63.5 cm³/mol. The van der Waals surface area contributed by atoms with Crippen LogP contribution in [0.15, 0.2) is 42.5 Å². The van der Waals surface area contributed by atoms with Gasteiger partial charge in [0, 0.05) is 5.57 Å². The molecule has 0 saturated heterocycles. The zero-order valence-electron chi connectivity index (χ0n) is 10.0. The molecule has 1 aromatic carbocycles. The molecule has 0 unspecified atom stereocenters. The molecule has 0 amide bonds. The van der Waals surface area contributed by atoms with E-state index in [1.165, 1.54) is 6.92 Å². The van der Waals surface area contributed by atoms with Crippen LogP contribution >= 0.6 is 0 Å². The quantitative estimate of drug-likeness (QED) is 0.456. The molecule has 0 heterocycles. The smallest absolute Gasteiger partial charge is 0.429 e. The molecule has 1 rings (SSSR count). The second-order valence-electron chi connectivity index (χ2n) is 3.50. The molecular formula is C13H14O5. The summed E-state index contributed by atoms with van der Waals surface area (Å²) in [6, 6.07) is 9.15. The summed E-state index contributed by atoms with van der Waals surface area (Å²) in [5.74, 6) is -0.620. The maximum Gasteiger partial charge on any atom is 0.511 e. The van der Waals surface area contributed by atoms with Gasteiger partial charge in [0.1, 0.15) is 6.61 Å². The number of carbonyl (C=O) groups excluding carboxylic acids is 2. The van der Waals surface area contributed by atoms with Gasteiger partial charge >= 0.3 is 12.1 Å². The van der Waals surface area contributed by atoms with Crippen LogP contribution in [0.3, 0.4) is 0 Å². The molecule has 0 fully saturated rings. The molecule has 0 aliphatic carbocycles. The first kappa shape index (κ1) is 13.8. The van der Waals surface area contributed by atoms with E-state index < -0.39 is 18.9 Å². The van der Waals surface area contributed by atoms with Gasteiger partial charge in [0.25, 0.3) is 0 Å². The van der Waals surface area contributed by atoms with Crippen LogP contribution in [0.1, 0.15) is 12.5 Å². The Kier molecular flexibility index (Phi) is 5.44. The molecule has 0 aliphatic rings. The lowest BCUT2D eigenvalue weighted by atomic mass is 10.2. The van der Waals surface area contributed by atoms with Crippen molar-refractivity contribution in [2.45, 2.75) is 13.5 Å². The zero-order valence-corrected chi connectivity index (χ0v) is 10.0. The van der Waals surface area contributed by atoms with Gasteiger partial charge in [-0.25, -0.2) is 9.59 Å². The van der Waals surface area contributed by atoms with Crippen LogP contribution in [0.4, 0.5) is 4.79 Å². The molecule has 0 atom stereocenters. The standard InChI is InChI=1S/C13H14O5/c1-10(2)12(14)17-9-18-13(15)16-8-11-6-4-3-5-7-11/h3-7H,1,8-9H2,2H3. The van der Waals surface area contributed by atoms with Gasteiger partial charge in [0.05, 0.1) is 0 Å². The van der Waals surface area contributed by atoms with Crippen LogP contribution in [0.5, 0.6) is 0 Å². The topological polar surface area (TPSA) is 61.8 Å². The van der Waals surface area contributed by atoms with Crippen molar-refractivity contribution in [1.29, 1.82) is 0 Å². The molecule has 1 aromatic rings. The summed E-state index contributed by atoms with van der Waals surface area (Å²) in [6.07, 6.45) is -0.895. The molecule has 18 heavy (non-hydrogen) atoms. The van der Waals surface area contributed by atoms with Crippen molar-refractivity contribution >= 4 is 12.1 Å². The van der Waals surface area contributed by atoms with Gasteiger partial charge in [0.15, 0.2) is 0 Å². The Bertz CT molecular complexity index is 424. The SMILES string of the molecule is C=C(C)C(=O)OCOC(=O)OCc1ccccc1. The van der Waals surface area contributed by atoms with E-state index in [-0.39, 0.29) is 12.2 Å². The van der Waals surface area contributed by atoms with E-state index in [0.717, 1.165) is 5.56 Å². The van der Waals surface area contributed by atoms with Gasteiger partial charge in [-0.2, -0.15) is 0 Å². The van der Waals surface area contributed by atoms with E-state index in [9.17, 15) is 9.59 Å². The lowest BCUT2D eigenvalue weighted by Crippen LogP contribution is -2.14. The highest BCUT2D eigenvalue weighted by Crippen LogP contribution is 2.01. The van der Waals surface area contributed by atoms with Crippen molar-refractivity contribution in [3.63, 3.8) is 0 Å². The minimum atomic E-state index is -0.895. The second-order valence-corrected chi connectivity index (χ2v) is 3.50. The lowest BCUT2D eigenvalue weighted by molar-refractivity contribution is -0.148. The van der Waals surface area contributed by atoms with Gasteiger partial charge in [-0.05, 0) is 12.5 Å². The maximum absolute atomic E-state index is 11.1. The van der Waals surface area contributed by atoms with Crippen molar-refractivity contribution in [2.75, 3.05) is 6.79 Å². The molecule has 5 heteroatoms. The van der Waals surface area contributed by atoms with Gasteiger partial charge in [0.2, 0.25) is 6.79 Å². The van der Waals surface area contributed by atoms with E-state index >= 15 is 0 Å². The Labute approximate surface area is 105 Å². The highest BCUT2D eigenvalue weighted by molar-refractivity contribution is 5.86. The summed E-state index contributed by atoms with van der Waals surface area (Å²) in [6.45, 7) is 4.50. The highest BCUT2D eigenvalue weighted by Gasteiger charge is 2.07. The van der Waals surface area contributed by atoms with Crippen LogP contribution in [0.2, 0.25) is 0 Å². The molecule has 0 N–H and O–H groups in total. The first-order chi connectivity index (χ1) is 8.59. The minimum absolute atomic E-state index is 0.105. The van der Waals surface area contributed by atoms with Crippen molar-refractivity contribution in [3.8, 4) is 0 Å². The largest absolute Gasteiger partial charge is 0.511 e. The van der Waals surface area contributed by atoms with Gasteiger partial charge in [-0.3, -0.25) is 0 Å². The predicted octanol–water partition coefficient (Wildman–Crippen LogP) is 2.42. The zero-order chi connectivity index (χ0) is 13.4. The fourth-order valence-electron chi connectivity index (χ4n) is 1.01. The summed E-state index contributed by atoms with van der Waals surface area (Å²) < 4.78 is 13.9. The van der Waals surface area contributed by atoms with E-state index in [1.807, 2.05) is 30.3 Å². The third-order valence-electron chi connectivity index (χ3n) is 1.91. The Morgan fingerprint density at radius 2 is 1.78 bits per heavy atom. The molecule has 0 spiro atoms. The van der Waals surface area contributed by atoms with Gasteiger partial charge in [-0.15, -0.1) is 0 Å². The van der Waals surface area contributed by atoms with E-state index in [2.05, 4.69) is 16.1 Å². The Morgan fingerprint density at radius 3 is 2.39 bits per heavy atom. The Balaban J connectivity index is 2.19. The third-order valence-corrected chi connectivity index (χ3v) is 1.91. The third kappa shape index (κ3) is 5.16. The molecule has 0 aliphatic heterocycles. The average molecular weight is 250 g/mol. The van der Waals surface area contributed by atoms with Crippen molar-refractivity contribution in [1.82, 2.24) is 0 Å². The van der Waals surface area contributed by atoms with E-state index in [0.29, 0.717) is 0 Å². The first-order valence-corrected chi connectivity index (χ1v) is 5.25. The summed E-state index contributed by atoms with van der Waals surface area (Å²) in [5, 5.41) is 0. The monoisotopic (exact) mass is 250 g/mol. The number of ether oxygens (including phenoxy) is 3. The normalized spacial score (nSPS) is 9.39. The van der Waals surface area contributed by atoms with Crippen LogP contribution in [-0.2, 0) is 25.6 Å². The molecule has 0 aromatic heterocycles. The summed E-state index contributed by atoms with van der Waals surface area (Å²) in [4.78, 5) is 22.1. The number of hydrogen-bond donors (Lipinski definition) is 0. The minimum Gasteiger partial charge on any atom is -0.429 e. The molecule has 0 saturated carbocycles. The maximum atomic E-state index is 11.1. The molecule has 5 nitrogen and oxygen atoms in total. The fourth-order valence-corrected chi connectivity index (χ4v) is 1.01. The van der Waals surface area contributed by atoms with Crippen LogP contribution in [0, 0.1) is 0 Å². The molecule has 96 valence electrons. The van der Waals surface area contributed by atoms with Crippen LogP contribution < -0.4 is 0 Å². The number of hydrogen-bond acceptors (Lipinski definition) is 5. The molecular weight excluding hydrogens is 236 g/mol. The van der Waals surface area contributed by atoms with Gasteiger partial charge < -0.3 is 14.2 Å². The van der Waals surface area contributed by atoms with Crippen LogP contribution in [0.25, 0.3) is 0 Å². The first-order valence-electron chi connectivity index (χ1n) is 5.25. The Morgan fingerprint density at radius 1 is 1.11 bits per heavy atom. The molecule has 0 bridgehead atoms. The average Bonchev–Trinajstić information content (AvgIpc) is 2.37. The number of esters is 1. The van der Waals surface area contributed by atoms with Crippen molar-refractivity contribution in [3.05, 3.63) is 48.0 Å². The van der Waals surface area contributed by atoms with E-state index in [1.54, 1.807) is 0 Å². The van der Waals surface area contributed by atoms with E-state index in [4.69, 9.17) is 4.74 Å². The highest BCUT2D eigenvalue weighted by atomic mass is 16.8. The van der Waals surface area contributed by atoms with Crippen molar-refractivity contribution < 1.29 is 23.8 Å². The molecule has 0 radical (unpaired) electrons. The summed E-state index contributed by atoms with van der Waals surface area (Å²) >= 11 is 0. The Hall–Kier alpha value is -2.30. The van der Waals surface area contributed by atoms with Gasteiger partial charge in [-0.1, -0.05) is 36.9 Å². The second kappa shape index (κ2) is 7.11. The number of rotatable bonds is 5. The lowest BCUT2D eigenvalue weighted by Gasteiger charge is -2.06. The fraction of sp³-hybridized carbons (Fsp3) is 0.231. The number of benzene rings is 1. The van der Waals surface area contributed by atoms with Crippen molar-refractivity contribution in [2.24, 2.45) is 0 Å².